The highest BCUT2D eigenvalue weighted by Gasteiger charge is 2.25. The van der Waals surface area contributed by atoms with Crippen molar-refractivity contribution in [2.24, 2.45) is 5.92 Å². The van der Waals surface area contributed by atoms with Gasteiger partial charge in [-0.1, -0.05) is 0 Å². The highest BCUT2D eigenvalue weighted by atomic mass is 16.2. The van der Waals surface area contributed by atoms with Crippen LogP contribution in [0.15, 0.2) is 6.07 Å². The van der Waals surface area contributed by atoms with Crippen molar-refractivity contribution in [2.45, 2.75) is 66.3 Å². The molecule has 1 fully saturated rings. The molecule has 1 aliphatic heterocycles. The van der Waals surface area contributed by atoms with Crippen molar-refractivity contribution in [1.29, 1.82) is 0 Å². The number of hydrogen-bond acceptors (Lipinski definition) is 5. The van der Waals surface area contributed by atoms with Gasteiger partial charge in [0.1, 0.15) is 11.6 Å². The van der Waals surface area contributed by atoms with Crippen LogP contribution in [-0.4, -0.2) is 43.6 Å². The van der Waals surface area contributed by atoms with Gasteiger partial charge in [-0.25, -0.2) is 9.97 Å². The first-order valence-electron chi connectivity index (χ1n) is 10.1. The number of carbonyl (C=O) groups is 1. The molecule has 0 aromatic carbocycles. The van der Waals surface area contributed by atoms with Gasteiger partial charge >= 0.3 is 0 Å². The molecule has 0 radical (unpaired) electrons. The van der Waals surface area contributed by atoms with Crippen molar-refractivity contribution in [1.82, 2.24) is 24.6 Å². The van der Waals surface area contributed by atoms with Crippen molar-refractivity contribution in [3.63, 3.8) is 0 Å². The van der Waals surface area contributed by atoms with Gasteiger partial charge in [0.15, 0.2) is 0 Å². The maximum Gasteiger partial charge on any atom is 0.224 e. The molecule has 0 aliphatic carbocycles. The number of aryl methyl sites for hydroxylation is 2. The standard InChI is InChI=1S/C21H32N6O/c1-13(27-16(4)14(2)15(3)25-27)10-21(28)26-8-6-18(7-9-26)11-19-12-20(22)24-17(5)23-19/h12-13,18H,6-11H2,1-5H3,(H2,22,23,24)/t13-/m0/s1. The molecule has 1 saturated heterocycles. The second-order valence-corrected chi connectivity index (χ2v) is 8.15. The zero-order valence-corrected chi connectivity index (χ0v) is 17.7. The van der Waals surface area contributed by atoms with E-state index in [2.05, 4.69) is 35.8 Å². The van der Waals surface area contributed by atoms with Crippen LogP contribution in [0.1, 0.15) is 60.7 Å². The number of amides is 1. The summed E-state index contributed by atoms with van der Waals surface area (Å²) in [5, 5.41) is 4.60. The Balaban J connectivity index is 1.52. The van der Waals surface area contributed by atoms with E-state index in [4.69, 9.17) is 5.73 Å². The molecule has 1 aliphatic rings. The molecular formula is C21H32N6O. The molecule has 3 rings (SSSR count). The zero-order valence-electron chi connectivity index (χ0n) is 17.7. The van der Waals surface area contributed by atoms with Crippen molar-refractivity contribution in [3.05, 3.63) is 34.5 Å². The third-order valence-electron chi connectivity index (χ3n) is 5.95. The number of rotatable bonds is 5. The Hall–Kier alpha value is -2.44. The monoisotopic (exact) mass is 384 g/mol. The maximum atomic E-state index is 12.8. The first kappa shape index (κ1) is 20.3. The summed E-state index contributed by atoms with van der Waals surface area (Å²) < 4.78 is 2.00. The topological polar surface area (TPSA) is 89.9 Å². The molecular weight excluding hydrogens is 352 g/mol. The fourth-order valence-electron chi connectivity index (χ4n) is 4.08. The average molecular weight is 385 g/mol. The average Bonchev–Trinajstić information content (AvgIpc) is 2.89. The number of nitrogens with zero attached hydrogens (tertiary/aromatic N) is 5. The first-order valence-corrected chi connectivity index (χ1v) is 10.1. The fourth-order valence-corrected chi connectivity index (χ4v) is 4.08. The lowest BCUT2D eigenvalue weighted by Crippen LogP contribution is -2.39. The van der Waals surface area contributed by atoms with Crippen molar-refractivity contribution in [3.8, 4) is 0 Å². The number of nitrogen functional groups attached to an aromatic ring is 1. The van der Waals surface area contributed by atoms with E-state index in [9.17, 15) is 4.79 Å². The Morgan fingerprint density at radius 2 is 1.89 bits per heavy atom. The number of hydrogen-bond donors (Lipinski definition) is 1. The highest BCUT2D eigenvalue weighted by molar-refractivity contribution is 5.76. The number of anilines is 1. The molecule has 7 nitrogen and oxygen atoms in total. The number of piperidine rings is 1. The molecule has 0 spiro atoms. The Kier molecular flexibility index (Phi) is 6.01. The van der Waals surface area contributed by atoms with Crippen molar-refractivity contribution >= 4 is 11.7 Å². The Bertz CT molecular complexity index is 831. The summed E-state index contributed by atoms with van der Waals surface area (Å²) in [6.07, 6.45) is 3.40. The number of likely N-dealkylation sites (tertiary alicyclic amines) is 1. The summed E-state index contributed by atoms with van der Waals surface area (Å²) in [7, 11) is 0. The molecule has 1 atom stereocenters. The van der Waals surface area contributed by atoms with E-state index in [0.717, 1.165) is 55.3 Å². The Morgan fingerprint density at radius 3 is 2.46 bits per heavy atom. The van der Waals surface area contributed by atoms with Crippen LogP contribution in [-0.2, 0) is 11.2 Å². The largest absolute Gasteiger partial charge is 0.384 e. The van der Waals surface area contributed by atoms with Gasteiger partial charge in [0.05, 0.1) is 11.7 Å². The quantitative estimate of drug-likeness (QED) is 0.856. The minimum Gasteiger partial charge on any atom is -0.384 e. The lowest BCUT2D eigenvalue weighted by Gasteiger charge is -2.32. The van der Waals surface area contributed by atoms with Gasteiger partial charge in [-0.15, -0.1) is 0 Å². The predicted octanol–water partition coefficient (Wildman–Crippen LogP) is 2.92. The van der Waals surface area contributed by atoms with Crippen LogP contribution >= 0.6 is 0 Å². The third kappa shape index (κ3) is 4.51. The molecule has 152 valence electrons. The van der Waals surface area contributed by atoms with E-state index >= 15 is 0 Å². The van der Waals surface area contributed by atoms with E-state index in [1.807, 2.05) is 29.5 Å². The van der Waals surface area contributed by atoms with Crippen molar-refractivity contribution < 1.29 is 4.79 Å². The molecule has 0 unspecified atom stereocenters. The van der Waals surface area contributed by atoms with Crippen LogP contribution in [0.3, 0.4) is 0 Å². The number of aromatic nitrogens is 4. The van der Waals surface area contributed by atoms with Gasteiger partial charge < -0.3 is 10.6 Å². The van der Waals surface area contributed by atoms with E-state index in [0.29, 0.717) is 18.2 Å². The number of nitrogens with two attached hydrogens (primary N) is 1. The molecule has 3 heterocycles. The Morgan fingerprint density at radius 1 is 1.21 bits per heavy atom. The van der Waals surface area contributed by atoms with E-state index in [1.165, 1.54) is 5.56 Å². The molecule has 1 amide bonds. The third-order valence-corrected chi connectivity index (χ3v) is 5.95. The van der Waals surface area contributed by atoms with Gasteiger partial charge in [-0.05, 0) is 65.4 Å². The highest BCUT2D eigenvalue weighted by Crippen LogP contribution is 2.24. The van der Waals surface area contributed by atoms with Crippen LogP contribution in [0.4, 0.5) is 5.82 Å². The summed E-state index contributed by atoms with van der Waals surface area (Å²) in [6, 6.07) is 1.94. The predicted molar refractivity (Wildman–Crippen MR) is 110 cm³/mol. The summed E-state index contributed by atoms with van der Waals surface area (Å²) >= 11 is 0. The number of carbonyl (C=O) groups excluding carboxylic acids is 1. The summed E-state index contributed by atoms with van der Waals surface area (Å²) in [4.78, 5) is 23.4. The van der Waals surface area contributed by atoms with E-state index in [1.54, 1.807) is 0 Å². The maximum absolute atomic E-state index is 12.8. The van der Waals surface area contributed by atoms with Crippen LogP contribution in [0.5, 0.6) is 0 Å². The summed E-state index contributed by atoms with van der Waals surface area (Å²) in [5.74, 6) is 2.01. The van der Waals surface area contributed by atoms with Gasteiger partial charge in [0.25, 0.3) is 0 Å². The van der Waals surface area contributed by atoms with Gasteiger partial charge in [0, 0.05) is 37.0 Å². The Labute approximate surface area is 167 Å². The fraction of sp³-hybridized carbons (Fsp3) is 0.619. The lowest BCUT2D eigenvalue weighted by atomic mass is 9.91. The molecule has 0 saturated carbocycles. The van der Waals surface area contributed by atoms with Crippen LogP contribution < -0.4 is 5.73 Å². The van der Waals surface area contributed by atoms with Gasteiger partial charge in [-0.2, -0.15) is 5.10 Å². The first-order chi connectivity index (χ1) is 13.2. The zero-order chi connectivity index (χ0) is 20.4. The van der Waals surface area contributed by atoms with E-state index in [-0.39, 0.29) is 11.9 Å². The molecule has 28 heavy (non-hydrogen) atoms. The molecule has 2 aromatic heterocycles. The van der Waals surface area contributed by atoms with Gasteiger partial charge in [0.2, 0.25) is 5.91 Å². The minimum absolute atomic E-state index is 0.0737. The van der Waals surface area contributed by atoms with Crippen LogP contribution in [0.2, 0.25) is 0 Å². The summed E-state index contributed by atoms with van der Waals surface area (Å²) in [5.41, 5.74) is 10.2. The normalized spacial score (nSPS) is 16.4. The van der Waals surface area contributed by atoms with Crippen LogP contribution in [0, 0.1) is 33.6 Å². The molecule has 2 aromatic rings. The molecule has 0 bridgehead atoms. The lowest BCUT2D eigenvalue weighted by molar-refractivity contribution is -0.133. The van der Waals surface area contributed by atoms with Crippen molar-refractivity contribution in [2.75, 3.05) is 18.8 Å². The van der Waals surface area contributed by atoms with E-state index < -0.39 is 0 Å². The SMILES string of the molecule is Cc1nc(N)cc(CC2CCN(C(=O)C[C@H](C)n3nc(C)c(C)c3C)CC2)n1. The second-order valence-electron chi connectivity index (χ2n) is 8.15. The van der Waals surface area contributed by atoms with Crippen LogP contribution in [0.25, 0.3) is 0 Å². The molecule has 2 N–H and O–H groups in total. The second kappa shape index (κ2) is 8.29. The van der Waals surface area contributed by atoms with Gasteiger partial charge in [-0.3, -0.25) is 9.48 Å². The minimum atomic E-state index is 0.0737. The summed E-state index contributed by atoms with van der Waals surface area (Å²) in [6.45, 7) is 11.7. The smallest absolute Gasteiger partial charge is 0.224 e. The molecule has 7 heteroatoms.